The van der Waals surface area contributed by atoms with E-state index in [1.54, 1.807) is 0 Å². The molecule has 3 rings (SSSR count). The van der Waals surface area contributed by atoms with Gasteiger partial charge in [0.05, 0.1) is 0 Å². The van der Waals surface area contributed by atoms with E-state index >= 15 is 0 Å². The van der Waals surface area contributed by atoms with Crippen molar-refractivity contribution >= 4 is 31.5 Å². The molecule has 0 aliphatic rings. The van der Waals surface area contributed by atoms with E-state index in [1.165, 1.54) is 25.7 Å². The van der Waals surface area contributed by atoms with E-state index in [-0.39, 0.29) is 0 Å². The van der Waals surface area contributed by atoms with Gasteiger partial charge in [-0.2, -0.15) is 0 Å². The van der Waals surface area contributed by atoms with Gasteiger partial charge in [0, 0.05) is 26.7 Å². The van der Waals surface area contributed by atoms with Gasteiger partial charge in [0.1, 0.15) is 0 Å². The summed E-state index contributed by atoms with van der Waals surface area (Å²) < 4.78 is 2.68. The quantitative estimate of drug-likeness (QED) is 0.657. The second-order valence-corrected chi connectivity index (χ2v) is 4.72. The van der Waals surface area contributed by atoms with Crippen molar-refractivity contribution in [3.8, 4) is 0 Å². The van der Waals surface area contributed by atoms with Crippen LogP contribution in [0.15, 0.2) is 42.5 Å². The second kappa shape index (κ2) is 3.33. The average Bonchev–Trinajstić information content (AvgIpc) is 2.66. The summed E-state index contributed by atoms with van der Waals surface area (Å²) in [7, 11) is 0. The fourth-order valence-electron chi connectivity index (χ4n) is 1.90. The highest BCUT2D eigenvalue weighted by atomic mass is 32.1. The van der Waals surface area contributed by atoms with Gasteiger partial charge in [0.25, 0.3) is 0 Å². The van der Waals surface area contributed by atoms with Crippen LogP contribution in [-0.2, 0) is 6.54 Å². The van der Waals surface area contributed by atoms with Crippen LogP contribution in [0, 0.1) is 0 Å². The van der Waals surface area contributed by atoms with E-state index in [1.807, 2.05) is 11.3 Å². The Kier molecular flexibility index (Phi) is 1.97. The fraction of sp³-hybridized carbons (Fsp3) is 0.0769. The molecule has 3 aromatic rings. The molecule has 0 saturated carbocycles. The highest BCUT2D eigenvalue weighted by Gasteiger charge is 2.03. The molecule has 0 aliphatic carbocycles. The number of thiophene rings is 1. The van der Waals surface area contributed by atoms with Crippen LogP contribution in [0.25, 0.3) is 20.2 Å². The molecule has 15 heavy (non-hydrogen) atoms. The molecule has 1 heterocycles. The van der Waals surface area contributed by atoms with Crippen LogP contribution in [0.2, 0.25) is 0 Å². The maximum Gasteiger partial charge on any atom is 0.0358 e. The third-order valence-corrected chi connectivity index (χ3v) is 3.81. The van der Waals surface area contributed by atoms with Crippen molar-refractivity contribution in [3.63, 3.8) is 0 Å². The molecule has 74 valence electrons. The lowest BCUT2D eigenvalue weighted by molar-refractivity contribution is 1.08. The number of nitrogens with two attached hydrogens (primary N) is 1. The first kappa shape index (κ1) is 8.89. The predicted molar refractivity (Wildman–Crippen MR) is 67.2 cm³/mol. The highest BCUT2D eigenvalue weighted by Crippen LogP contribution is 2.33. The van der Waals surface area contributed by atoms with Crippen molar-refractivity contribution in [2.24, 2.45) is 5.73 Å². The lowest BCUT2D eigenvalue weighted by Crippen LogP contribution is -1.94. The summed E-state index contributed by atoms with van der Waals surface area (Å²) in [4.78, 5) is 0. The minimum absolute atomic E-state index is 0.615. The molecule has 0 spiro atoms. The van der Waals surface area contributed by atoms with Gasteiger partial charge in [-0.3, -0.25) is 0 Å². The normalized spacial score (nSPS) is 11.3. The van der Waals surface area contributed by atoms with Gasteiger partial charge >= 0.3 is 0 Å². The van der Waals surface area contributed by atoms with E-state index in [2.05, 4.69) is 42.5 Å². The fourth-order valence-corrected chi connectivity index (χ4v) is 3.07. The van der Waals surface area contributed by atoms with Gasteiger partial charge in [-0.1, -0.05) is 30.3 Å². The number of hydrogen-bond acceptors (Lipinski definition) is 2. The zero-order chi connectivity index (χ0) is 10.3. The van der Waals surface area contributed by atoms with Crippen molar-refractivity contribution in [2.75, 3.05) is 0 Å². The molecule has 0 atom stereocenters. The Morgan fingerprint density at radius 2 is 1.73 bits per heavy atom. The van der Waals surface area contributed by atoms with Crippen molar-refractivity contribution in [2.45, 2.75) is 6.54 Å². The van der Waals surface area contributed by atoms with E-state index in [0.717, 1.165) is 0 Å². The maximum atomic E-state index is 5.64. The largest absolute Gasteiger partial charge is 0.326 e. The van der Waals surface area contributed by atoms with Crippen molar-refractivity contribution in [1.29, 1.82) is 0 Å². The van der Waals surface area contributed by atoms with Crippen LogP contribution in [0.5, 0.6) is 0 Å². The van der Waals surface area contributed by atoms with Crippen LogP contribution >= 0.6 is 11.3 Å². The second-order valence-electron chi connectivity index (χ2n) is 3.63. The van der Waals surface area contributed by atoms with Gasteiger partial charge < -0.3 is 5.73 Å². The number of fused-ring (bicyclic) bond motifs is 3. The monoisotopic (exact) mass is 213 g/mol. The maximum absolute atomic E-state index is 5.64. The standard InChI is InChI=1S/C13H11NS/c14-8-9-5-6-11-10-3-1-2-4-12(10)15-13(11)7-9/h1-7H,8,14H2. The summed E-state index contributed by atoms with van der Waals surface area (Å²) in [5.41, 5.74) is 6.84. The molecule has 0 unspecified atom stereocenters. The summed E-state index contributed by atoms with van der Waals surface area (Å²) in [5, 5.41) is 2.69. The zero-order valence-corrected chi connectivity index (χ0v) is 9.05. The number of benzene rings is 2. The number of hydrogen-bond donors (Lipinski definition) is 1. The molecular formula is C13H11NS. The molecule has 2 aromatic carbocycles. The van der Waals surface area contributed by atoms with Crippen LogP contribution < -0.4 is 5.73 Å². The minimum Gasteiger partial charge on any atom is -0.326 e. The summed E-state index contributed by atoms with van der Waals surface area (Å²) in [5.74, 6) is 0. The average molecular weight is 213 g/mol. The molecule has 2 heteroatoms. The SMILES string of the molecule is NCc1ccc2c(c1)sc1ccccc12. The highest BCUT2D eigenvalue weighted by molar-refractivity contribution is 7.25. The van der Waals surface area contributed by atoms with Crippen LogP contribution in [-0.4, -0.2) is 0 Å². The summed E-state index contributed by atoms with van der Waals surface area (Å²) >= 11 is 1.84. The Balaban J connectivity index is 2.43. The van der Waals surface area contributed by atoms with Crippen LogP contribution in [0.3, 0.4) is 0 Å². The lowest BCUT2D eigenvalue weighted by Gasteiger charge is -1.95. The van der Waals surface area contributed by atoms with E-state index < -0.39 is 0 Å². The zero-order valence-electron chi connectivity index (χ0n) is 8.23. The van der Waals surface area contributed by atoms with E-state index in [0.29, 0.717) is 6.54 Å². The first-order chi connectivity index (χ1) is 7.38. The molecule has 0 amide bonds. The molecule has 0 aliphatic heterocycles. The molecule has 0 fully saturated rings. The van der Waals surface area contributed by atoms with Crippen molar-refractivity contribution in [3.05, 3.63) is 48.0 Å². The molecular weight excluding hydrogens is 202 g/mol. The Bertz CT molecular complexity index is 625. The molecule has 2 N–H and O–H groups in total. The van der Waals surface area contributed by atoms with E-state index in [4.69, 9.17) is 5.73 Å². The molecule has 1 aromatic heterocycles. The van der Waals surface area contributed by atoms with Crippen LogP contribution in [0.1, 0.15) is 5.56 Å². The van der Waals surface area contributed by atoms with E-state index in [9.17, 15) is 0 Å². The van der Waals surface area contributed by atoms with Crippen LogP contribution in [0.4, 0.5) is 0 Å². The summed E-state index contributed by atoms with van der Waals surface area (Å²) in [6, 6.07) is 15.0. The minimum atomic E-state index is 0.615. The van der Waals surface area contributed by atoms with Gasteiger partial charge in [0.2, 0.25) is 0 Å². The van der Waals surface area contributed by atoms with Gasteiger partial charge in [-0.15, -0.1) is 11.3 Å². The van der Waals surface area contributed by atoms with Crippen molar-refractivity contribution < 1.29 is 0 Å². The number of rotatable bonds is 1. The molecule has 0 bridgehead atoms. The first-order valence-electron chi connectivity index (χ1n) is 4.99. The topological polar surface area (TPSA) is 26.0 Å². The Hall–Kier alpha value is -1.38. The Morgan fingerprint density at radius 1 is 0.933 bits per heavy atom. The molecule has 0 saturated heterocycles. The van der Waals surface area contributed by atoms with Crippen molar-refractivity contribution in [1.82, 2.24) is 0 Å². The summed E-state index contributed by atoms with van der Waals surface area (Å²) in [6.07, 6.45) is 0. The molecule has 1 nitrogen and oxygen atoms in total. The predicted octanol–water partition coefficient (Wildman–Crippen LogP) is 3.51. The third kappa shape index (κ3) is 1.34. The third-order valence-electron chi connectivity index (χ3n) is 2.68. The molecule has 0 radical (unpaired) electrons. The smallest absolute Gasteiger partial charge is 0.0358 e. The lowest BCUT2D eigenvalue weighted by atomic mass is 10.1. The Labute approximate surface area is 92.1 Å². The Morgan fingerprint density at radius 3 is 2.60 bits per heavy atom. The van der Waals surface area contributed by atoms with Gasteiger partial charge in [-0.25, -0.2) is 0 Å². The van der Waals surface area contributed by atoms with Gasteiger partial charge in [-0.05, 0) is 17.7 Å². The first-order valence-corrected chi connectivity index (χ1v) is 5.80. The summed E-state index contributed by atoms with van der Waals surface area (Å²) in [6.45, 7) is 0.615. The van der Waals surface area contributed by atoms with Gasteiger partial charge in [0.15, 0.2) is 0 Å².